The number of hydrogen-bond donors (Lipinski definition) is 0. The molecule has 0 saturated carbocycles. The molecule has 92 heavy (non-hydrogen) atoms. The van der Waals surface area contributed by atoms with Crippen molar-refractivity contribution in [3.63, 3.8) is 0 Å². The van der Waals surface area contributed by atoms with Crippen LogP contribution in [-0.4, -0.2) is 82.3 Å². The van der Waals surface area contributed by atoms with Gasteiger partial charge in [0.05, 0.1) is 40.3 Å². The number of hydrogen-bond acceptors (Lipinski definition) is 8. The minimum atomic E-state index is -1.62. The SMILES string of the molecule is CC/C=C\C/C=C\C/C=C\C/C=C\C/C=C\C/C=C\CCCCCCCCCCCCCCCCCCCCCCCCC(=O)OC(COC(=O)CCCCCCCCCCCCCCCCCCCCCCCCCCCC)COC(OCC[N+](C)(C)C)C(=O)[O-]. The summed E-state index contributed by atoms with van der Waals surface area (Å²) in [5, 5.41) is 11.9. The fourth-order valence-electron chi connectivity index (χ4n) is 11.7. The summed E-state index contributed by atoms with van der Waals surface area (Å²) in [6, 6.07) is 0. The average Bonchev–Trinajstić information content (AvgIpc) is 3.70. The van der Waals surface area contributed by atoms with E-state index in [4.69, 9.17) is 18.9 Å². The molecule has 0 aromatic carbocycles. The Kier molecular flexibility index (Phi) is 70.9. The molecule has 0 fully saturated rings. The van der Waals surface area contributed by atoms with Gasteiger partial charge in [-0.05, 0) is 64.2 Å². The predicted molar refractivity (Wildman–Crippen MR) is 394 cm³/mol. The lowest BCUT2D eigenvalue weighted by molar-refractivity contribution is -0.870. The number of carbonyl (C=O) groups is 3. The second kappa shape index (κ2) is 73.5. The van der Waals surface area contributed by atoms with Crippen LogP contribution in [0.4, 0.5) is 0 Å². The number of carboxylic acid groups (broad SMARTS) is 1. The number of carbonyl (C=O) groups excluding carboxylic acids is 3. The summed E-state index contributed by atoms with van der Waals surface area (Å²) in [4.78, 5) is 37.6. The molecular formula is C83H151NO8. The highest BCUT2D eigenvalue weighted by molar-refractivity contribution is 5.70. The smallest absolute Gasteiger partial charge is 0.306 e. The number of allylic oxidation sites excluding steroid dienone is 12. The van der Waals surface area contributed by atoms with Crippen molar-refractivity contribution in [1.82, 2.24) is 0 Å². The lowest BCUT2D eigenvalue weighted by atomic mass is 10.0. The highest BCUT2D eigenvalue weighted by Gasteiger charge is 2.22. The molecule has 0 saturated heterocycles. The number of quaternary nitrogens is 1. The van der Waals surface area contributed by atoms with E-state index in [1.165, 1.54) is 276 Å². The number of aliphatic carboxylic acids is 1. The zero-order valence-corrected chi connectivity index (χ0v) is 61.4. The first kappa shape index (κ1) is 88.7. The molecule has 0 spiro atoms. The average molecular weight is 1290 g/mol. The summed E-state index contributed by atoms with van der Waals surface area (Å²) in [7, 11) is 5.95. The Hall–Kier alpha value is -3.27. The molecule has 0 radical (unpaired) electrons. The molecule has 0 aliphatic carbocycles. The molecule has 2 unspecified atom stereocenters. The second-order valence-electron chi connectivity index (χ2n) is 28.0. The Morgan fingerprint density at radius 1 is 0.337 bits per heavy atom. The Morgan fingerprint density at radius 2 is 0.620 bits per heavy atom. The van der Waals surface area contributed by atoms with Gasteiger partial charge in [0.1, 0.15) is 13.2 Å². The summed E-state index contributed by atoms with van der Waals surface area (Å²) in [6.07, 6.45) is 96.0. The normalized spacial score (nSPS) is 13.0. The molecule has 0 amide bonds. The molecule has 9 nitrogen and oxygen atoms in total. The van der Waals surface area contributed by atoms with Gasteiger partial charge >= 0.3 is 11.9 Å². The first-order chi connectivity index (χ1) is 45.1. The summed E-state index contributed by atoms with van der Waals surface area (Å²) in [5.41, 5.74) is 0. The number of nitrogens with zero attached hydrogens (tertiary/aromatic N) is 1. The topological polar surface area (TPSA) is 111 Å². The van der Waals surface area contributed by atoms with Crippen LogP contribution in [0.1, 0.15) is 380 Å². The van der Waals surface area contributed by atoms with Crippen molar-refractivity contribution < 1.29 is 42.9 Å². The van der Waals surface area contributed by atoms with Crippen LogP contribution in [0.15, 0.2) is 72.9 Å². The summed E-state index contributed by atoms with van der Waals surface area (Å²) in [6.45, 7) is 4.70. The maximum absolute atomic E-state index is 13.0. The molecule has 0 aliphatic heterocycles. The van der Waals surface area contributed by atoms with Gasteiger partial charge in [0.2, 0.25) is 0 Å². The number of ether oxygens (including phenoxy) is 4. The number of unbranched alkanes of at least 4 members (excludes halogenated alkanes) is 47. The molecule has 9 heteroatoms. The van der Waals surface area contributed by atoms with E-state index in [1.807, 2.05) is 21.1 Å². The monoisotopic (exact) mass is 1290 g/mol. The first-order valence-electron chi connectivity index (χ1n) is 39.6. The number of esters is 2. The minimum absolute atomic E-state index is 0.150. The molecule has 2 atom stereocenters. The van der Waals surface area contributed by atoms with Crippen molar-refractivity contribution in [2.75, 3.05) is 47.5 Å². The predicted octanol–water partition coefficient (Wildman–Crippen LogP) is 23.9. The fraction of sp³-hybridized carbons (Fsp3) is 0.819. The van der Waals surface area contributed by atoms with E-state index < -0.39 is 24.3 Å². The summed E-state index contributed by atoms with van der Waals surface area (Å²) < 4.78 is 22.9. The van der Waals surface area contributed by atoms with Crippen molar-refractivity contribution in [2.24, 2.45) is 0 Å². The van der Waals surface area contributed by atoms with Crippen LogP contribution >= 0.6 is 0 Å². The zero-order valence-electron chi connectivity index (χ0n) is 61.4. The van der Waals surface area contributed by atoms with E-state index in [0.717, 1.165) is 77.0 Å². The van der Waals surface area contributed by atoms with Crippen LogP contribution in [-0.2, 0) is 33.3 Å². The van der Waals surface area contributed by atoms with Crippen LogP contribution < -0.4 is 5.11 Å². The van der Waals surface area contributed by atoms with Gasteiger partial charge in [-0.1, -0.05) is 376 Å². The van der Waals surface area contributed by atoms with Gasteiger partial charge in [-0.3, -0.25) is 9.59 Å². The second-order valence-corrected chi connectivity index (χ2v) is 28.0. The van der Waals surface area contributed by atoms with Gasteiger partial charge in [0.15, 0.2) is 12.4 Å². The van der Waals surface area contributed by atoms with Crippen LogP contribution in [0.25, 0.3) is 0 Å². The highest BCUT2D eigenvalue weighted by Crippen LogP contribution is 2.20. The van der Waals surface area contributed by atoms with Crippen LogP contribution in [0, 0.1) is 0 Å². The van der Waals surface area contributed by atoms with Gasteiger partial charge in [-0.25, -0.2) is 0 Å². The van der Waals surface area contributed by atoms with E-state index in [1.54, 1.807) is 0 Å². The molecule has 0 aliphatic rings. The molecule has 0 bridgehead atoms. The summed E-state index contributed by atoms with van der Waals surface area (Å²) >= 11 is 0. The Bertz CT molecular complexity index is 1740. The third-order valence-electron chi connectivity index (χ3n) is 17.7. The first-order valence-corrected chi connectivity index (χ1v) is 39.6. The zero-order chi connectivity index (χ0) is 66.8. The van der Waals surface area contributed by atoms with Gasteiger partial charge in [-0.15, -0.1) is 0 Å². The van der Waals surface area contributed by atoms with Crippen molar-refractivity contribution >= 4 is 17.9 Å². The molecule has 0 aromatic heterocycles. The lowest BCUT2D eigenvalue weighted by Crippen LogP contribution is -2.44. The van der Waals surface area contributed by atoms with Crippen LogP contribution in [0.5, 0.6) is 0 Å². The molecule has 0 aromatic rings. The van der Waals surface area contributed by atoms with Crippen molar-refractivity contribution in [2.45, 2.75) is 392 Å². The number of likely N-dealkylation sites (N-methyl/N-ethyl adjacent to an activating group) is 1. The van der Waals surface area contributed by atoms with Crippen molar-refractivity contribution in [3.05, 3.63) is 72.9 Å². The lowest BCUT2D eigenvalue weighted by Gasteiger charge is -2.26. The molecular weight excluding hydrogens is 1140 g/mol. The van der Waals surface area contributed by atoms with Gasteiger partial charge in [0, 0.05) is 12.8 Å². The largest absolute Gasteiger partial charge is 0.545 e. The maximum Gasteiger partial charge on any atom is 0.306 e. The van der Waals surface area contributed by atoms with E-state index in [-0.39, 0.29) is 32.2 Å². The molecule has 536 valence electrons. The van der Waals surface area contributed by atoms with E-state index in [9.17, 15) is 19.5 Å². The Morgan fingerprint density at radius 3 is 0.924 bits per heavy atom. The molecule has 0 rings (SSSR count). The van der Waals surface area contributed by atoms with Crippen LogP contribution in [0.2, 0.25) is 0 Å². The fourth-order valence-corrected chi connectivity index (χ4v) is 11.7. The Labute approximate surface area is 570 Å². The van der Waals surface area contributed by atoms with Gasteiger partial charge < -0.3 is 33.3 Å². The molecule has 0 N–H and O–H groups in total. The van der Waals surface area contributed by atoms with Gasteiger partial charge in [-0.2, -0.15) is 0 Å². The molecule has 0 heterocycles. The number of rotatable bonds is 74. The third kappa shape index (κ3) is 74.1. The minimum Gasteiger partial charge on any atom is -0.545 e. The van der Waals surface area contributed by atoms with Crippen molar-refractivity contribution in [1.29, 1.82) is 0 Å². The van der Waals surface area contributed by atoms with E-state index in [0.29, 0.717) is 17.4 Å². The van der Waals surface area contributed by atoms with E-state index in [2.05, 4.69) is 86.8 Å². The Balaban J connectivity index is 3.97. The van der Waals surface area contributed by atoms with Gasteiger partial charge in [0.25, 0.3) is 0 Å². The summed E-state index contributed by atoms with van der Waals surface area (Å²) in [5.74, 6) is -2.25. The standard InChI is InChI=1S/C83H151NO8/c1-6-8-10-12-14-16-18-20-22-24-26-28-30-32-34-35-36-37-38-39-40-41-42-43-44-45-46-47-48-50-52-54-56-58-60-62-64-66-68-70-72-74-81(86)92-79(78-91-83(82(87)88)89-76-75-84(3,4)5)77-90-80(85)73-71-69-67-65-63-61-59-57-55-53-51-49-33-31-29-27-25-23-21-19-17-15-13-11-9-7-2/h8,10,14,16,20,22,26,28,32,34,36-37,79,83H,6-7,9,11-13,15,17-19,21,23-25,27,29-31,33,35,38-78H2,1-5H3/b10-8-,16-14-,22-20-,28-26-,34-32-,37-36-. The van der Waals surface area contributed by atoms with Crippen molar-refractivity contribution in [3.8, 4) is 0 Å². The highest BCUT2D eigenvalue weighted by atomic mass is 16.7. The van der Waals surface area contributed by atoms with E-state index >= 15 is 0 Å². The third-order valence-corrected chi connectivity index (χ3v) is 17.7. The number of carboxylic acids is 1. The maximum atomic E-state index is 13.0. The van der Waals surface area contributed by atoms with Crippen LogP contribution in [0.3, 0.4) is 0 Å². The quantitative estimate of drug-likeness (QED) is 0.0195.